The van der Waals surface area contributed by atoms with Gasteiger partial charge < -0.3 is 0 Å². The Labute approximate surface area is 150 Å². The van der Waals surface area contributed by atoms with E-state index in [1.54, 1.807) is 0 Å². The van der Waals surface area contributed by atoms with E-state index in [1.165, 1.54) is 69.8 Å². The van der Waals surface area contributed by atoms with Crippen molar-refractivity contribution in [1.29, 1.82) is 0 Å². The molecule has 1 aromatic rings. The van der Waals surface area contributed by atoms with Crippen LogP contribution >= 0.6 is 0 Å². The molecule has 0 N–H and O–H groups in total. The van der Waals surface area contributed by atoms with Crippen molar-refractivity contribution in [3.8, 4) is 0 Å². The molecule has 0 heteroatoms. The molecular formula is C24H36. The molecule has 0 saturated heterocycles. The minimum absolute atomic E-state index is 0.134. The van der Waals surface area contributed by atoms with Gasteiger partial charge in [0.05, 0.1) is 0 Å². The molecule has 24 heavy (non-hydrogen) atoms. The smallest absolute Gasteiger partial charge is 0.0312 e. The lowest BCUT2D eigenvalue weighted by molar-refractivity contribution is 0.513. The minimum atomic E-state index is 0.134. The van der Waals surface area contributed by atoms with Gasteiger partial charge in [-0.25, -0.2) is 0 Å². The van der Waals surface area contributed by atoms with E-state index < -0.39 is 0 Å². The van der Waals surface area contributed by atoms with E-state index >= 15 is 0 Å². The first-order valence-corrected chi connectivity index (χ1v) is 10.2. The molecule has 0 atom stereocenters. The predicted molar refractivity (Wildman–Crippen MR) is 107 cm³/mol. The van der Waals surface area contributed by atoms with Crippen molar-refractivity contribution in [3.05, 3.63) is 60.2 Å². The van der Waals surface area contributed by atoms with E-state index in [2.05, 4.69) is 68.5 Å². The van der Waals surface area contributed by atoms with Crippen LogP contribution < -0.4 is 0 Å². The van der Waals surface area contributed by atoms with Gasteiger partial charge in [0.25, 0.3) is 0 Å². The average molecular weight is 325 g/mol. The average Bonchev–Trinajstić information content (AvgIpc) is 2.64. The van der Waals surface area contributed by atoms with Crippen molar-refractivity contribution < 1.29 is 0 Å². The van der Waals surface area contributed by atoms with Crippen molar-refractivity contribution >= 4 is 0 Å². The molecular weight excluding hydrogens is 288 g/mol. The molecule has 1 aliphatic carbocycles. The van der Waals surface area contributed by atoms with Crippen LogP contribution in [0, 0.1) is 5.92 Å². The summed E-state index contributed by atoms with van der Waals surface area (Å²) in [6.07, 6.45) is 23.3. The molecule has 0 amide bonds. The molecule has 0 unspecified atom stereocenters. The molecule has 1 aliphatic rings. The van der Waals surface area contributed by atoms with E-state index in [1.807, 2.05) is 0 Å². The van der Waals surface area contributed by atoms with Crippen LogP contribution in [0.15, 0.2) is 54.6 Å². The van der Waals surface area contributed by atoms with Crippen molar-refractivity contribution in [2.24, 2.45) is 5.92 Å². The molecule has 0 spiro atoms. The van der Waals surface area contributed by atoms with Gasteiger partial charge in [0.1, 0.15) is 0 Å². The monoisotopic (exact) mass is 324 g/mol. The van der Waals surface area contributed by atoms with Crippen LogP contribution in [0.1, 0.15) is 83.6 Å². The lowest BCUT2D eigenvalue weighted by Gasteiger charge is -2.32. The first-order valence-electron chi connectivity index (χ1n) is 10.2. The number of hydrogen-bond acceptors (Lipinski definition) is 0. The predicted octanol–water partition coefficient (Wildman–Crippen LogP) is 7.61. The molecule has 0 bridgehead atoms. The third-order valence-corrected chi connectivity index (χ3v) is 5.43. The summed E-state index contributed by atoms with van der Waals surface area (Å²) >= 11 is 0. The number of allylic oxidation sites excluding steroid dienone is 4. The van der Waals surface area contributed by atoms with Crippen molar-refractivity contribution in [2.45, 2.75) is 83.5 Å². The Morgan fingerprint density at radius 1 is 0.750 bits per heavy atom. The molecule has 0 radical (unpaired) electrons. The molecule has 0 aromatic heterocycles. The fourth-order valence-electron chi connectivity index (χ4n) is 3.81. The maximum Gasteiger partial charge on any atom is 0.0312 e. The Bertz CT molecular complexity index is 480. The summed E-state index contributed by atoms with van der Waals surface area (Å²) in [5.41, 5.74) is 1.59. The van der Waals surface area contributed by atoms with Crippen molar-refractivity contribution in [1.82, 2.24) is 0 Å². The first kappa shape index (κ1) is 19.0. The fraction of sp³-hybridized carbons (Fsp3) is 0.583. The fourth-order valence-corrected chi connectivity index (χ4v) is 3.81. The van der Waals surface area contributed by atoms with Crippen LogP contribution in [0.5, 0.6) is 0 Å². The highest BCUT2D eigenvalue weighted by atomic mass is 14.3. The van der Waals surface area contributed by atoms with Crippen LogP contribution in [-0.2, 0) is 5.41 Å². The van der Waals surface area contributed by atoms with Gasteiger partial charge in [-0.2, -0.15) is 0 Å². The zero-order valence-corrected chi connectivity index (χ0v) is 15.8. The number of hydrogen-bond donors (Lipinski definition) is 0. The molecule has 0 saturated carbocycles. The van der Waals surface area contributed by atoms with Gasteiger partial charge in [0.15, 0.2) is 0 Å². The summed E-state index contributed by atoms with van der Waals surface area (Å²) in [7, 11) is 0. The van der Waals surface area contributed by atoms with Crippen LogP contribution in [0.25, 0.3) is 0 Å². The first-order chi connectivity index (χ1) is 11.8. The highest BCUT2D eigenvalue weighted by Gasteiger charge is 2.28. The zero-order chi connectivity index (χ0) is 17.1. The normalized spacial score (nSPS) is 22.8. The molecule has 0 fully saturated rings. The SMILES string of the molecule is CCCCCCC1C=CC(CCCCCC)(c2ccccc2)C=C1. The third-order valence-electron chi connectivity index (χ3n) is 5.43. The molecule has 132 valence electrons. The Hall–Kier alpha value is -1.30. The number of benzene rings is 1. The second kappa shape index (κ2) is 10.5. The standard InChI is InChI=1S/C24H36/c1-3-5-7-10-14-22-17-20-24(21-18-22,19-13-8-6-4-2)23-15-11-9-12-16-23/h9,11-12,15-18,20-22H,3-8,10,13-14,19H2,1-2H3. The van der Waals surface area contributed by atoms with Gasteiger partial charge in [0, 0.05) is 5.41 Å². The second-order valence-corrected chi connectivity index (χ2v) is 7.45. The quantitative estimate of drug-likeness (QED) is 0.290. The van der Waals surface area contributed by atoms with E-state index in [0.717, 1.165) is 0 Å². The highest BCUT2D eigenvalue weighted by Crippen LogP contribution is 2.37. The molecule has 0 aliphatic heterocycles. The number of unbranched alkanes of at least 4 members (excludes halogenated alkanes) is 6. The van der Waals surface area contributed by atoms with Gasteiger partial charge in [-0.05, 0) is 24.3 Å². The van der Waals surface area contributed by atoms with Crippen LogP contribution in [0.2, 0.25) is 0 Å². The summed E-state index contributed by atoms with van der Waals surface area (Å²) in [6.45, 7) is 4.57. The molecule has 2 rings (SSSR count). The van der Waals surface area contributed by atoms with Gasteiger partial charge in [-0.1, -0.05) is 120 Å². The van der Waals surface area contributed by atoms with Gasteiger partial charge in [-0.3, -0.25) is 0 Å². The van der Waals surface area contributed by atoms with Crippen LogP contribution in [0.3, 0.4) is 0 Å². The van der Waals surface area contributed by atoms with E-state index in [0.29, 0.717) is 5.92 Å². The van der Waals surface area contributed by atoms with E-state index in [4.69, 9.17) is 0 Å². The van der Waals surface area contributed by atoms with Crippen molar-refractivity contribution in [3.63, 3.8) is 0 Å². The lowest BCUT2D eigenvalue weighted by Crippen LogP contribution is -2.23. The topological polar surface area (TPSA) is 0 Å². The maximum atomic E-state index is 2.51. The van der Waals surface area contributed by atoms with Crippen molar-refractivity contribution in [2.75, 3.05) is 0 Å². The third kappa shape index (κ3) is 5.65. The Morgan fingerprint density at radius 2 is 1.38 bits per heavy atom. The largest absolute Gasteiger partial charge is 0.0804 e. The maximum absolute atomic E-state index is 2.51. The van der Waals surface area contributed by atoms with Gasteiger partial charge >= 0.3 is 0 Å². The zero-order valence-electron chi connectivity index (χ0n) is 15.8. The second-order valence-electron chi connectivity index (χ2n) is 7.45. The summed E-state index contributed by atoms with van der Waals surface area (Å²) < 4.78 is 0. The Kier molecular flexibility index (Phi) is 8.36. The highest BCUT2D eigenvalue weighted by molar-refractivity contribution is 5.39. The summed E-state index contributed by atoms with van der Waals surface area (Å²) in [5.74, 6) is 0.648. The summed E-state index contributed by atoms with van der Waals surface area (Å²) in [6, 6.07) is 11.1. The number of rotatable bonds is 11. The van der Waals surface area contributed by atoms with Gasteiger partial charge in [0.2, 0.25) is 0 Å². The van der Waals surface area contributed by atoms with Crippen LogP contribution in [0.4, 0.5) is 0 Å². The molecule has 1 aromatic carbocycles. The van der Waals surface area contributed by atoms with E-state index in [-0.39, 0.29) is 5.41 Å². The molecule has 0 nitrogen and oxygen atoms in total. The van der Waals surface area contributed by atoms with Crippen LogP contribution in [-0.4, -0.2) is 0 Å². The Morgan fingerprint density at radius 3 is 2.00 bits per heavy atom. The van der Waals surface area contributed by atoms with Gasteiger partial charge in [-0.15, -0.1) is 0 Å². The lowest BCUT2D eigenvalue weighted by atomic mass is 9.72. The van der Waals surface area contributed by atoms with E-state index in [9.17, 15) is 0 Å². The molecule has 0 heterocycles. The minimum Gasteiger partial charge on any atom is -0.0804 e. The summed E-state index contributed by atoms with van der Waals surface area (Å²) in [4.78, 5) is 0. The Balaban J connectivity index is 1.99. The summed E-state index contributed by atoms with van der Waals surface area (Å²) in [5, 5.41) is 0.